The average molecular weight is 429 g/mol. The molecule has 6 nitrogen and oxygen atoms in total. The molecule has 0 heterocycles. The van der Waals surface area contributed by atoms with Gasteiger partial charge in [0, 0.05) is 25.9 Å². The van der Waals surface area contributed by atoms with Gasteiger partial charge in [0.25, 0.3) is 0 Å². The Morgan fingerprint density at radius 2 is 1.87 bits per heavy atom. The van der Waals surface area contributed by atoms with Crippen LogP contribution >= 0.6 is 0 Å². The third kappa shape index (κ3) is 6.27. The zero-order valence-electron chi connectivity index (χ0n) is 19.8. The van der Waals surface area contributed by atoms with Gasteiger partial charge in [0.2, 0.25) is 0 Å². The Hall–Kier alpha value is -0.500. The first-order valence-electron chi connectivity index (χ1n) is 11.4. The number of fused-ring (bicyclic) bond motifs is 1. The molecular weight excluding hydrogens is 384 g/mol. The molecule has 176 valence electrons. The number of hydrogen-bond donors (Lipinski definition) is 3. The van der Waals surface area contributed by atoms with Crippen LogP contribution in [0.15, 0.2) is 11.6 Å². The quantitative estimate of drug-likeness (QED) is 0.265. The minimum absolute atomic E-state index is 0.0118. The molecule has 0 aromatic rings. The van der Waals surface area contributed by atoms with Crippen molar-refractivity contribution in [3.63, 3.8) is 0 Å². The van der Waals surface area contributed by atoms with Gasteiger partial charge in [-0.05, 0) is 49.9 Å². The van der Waals surface area contributed by atoms with Crippen molar-refractivity contribution in [2.45, 2.75) is 91.1 Å². The van der Waals surface area contributed by atoms with Gasteiger partial charge in [0.1, 0.15) is 6.79 Å². The lowest BCUT2D eigenvalue weighted by molar-refractivity contribution is -0.196. The fourth-order valence-electron chi connectivity index (χ4n) is 6.23. The standard InChI is InChI=1S/C24H44O6/c1-17-8-9-19-22(2,3)10-7-11-24(19,5)21(17)18(25)14-23(4,27)15-20(26)30-16-29-13-12-28-6/h8,18-21,25-27H,7,9-16H2,1-6H3/t18-,19-,20?,21-,23-,24-/m0/s1. The van der Waals surface area contributed by atoms with E-state index in [0.29, 0.717) is 19.1 Å². The van der Waals surface area contributed by atoms with Crippen molar-refractivity contribution in [3.8, 4) is 0 Å². The number of hydrogen-bond acceptors (Lipinski definition) is 6. The van der Waals surface area contributed by atoms with Gasteiger partial charge < -0.3 is 29.5 Å². The maximum absolute atomic E-state index is 11.3. The molecule has 2 aliphatic carbocycles. The second kappa shape index (κ2) is 10.4. The molecular formula is C24H44O6. The van der Waals surface area contributed by atoms with E-state index in [2.05, 4.69) is 33.8 Å². The SMILES string of the molecule is COCCOCOC(O)C[C@@](C)(O)C[C@H](O)[C@@H]1C(C)=CC[C@H]2C(C)(C)CCC[C@]12C. The maximum atomic E-state index is 11.3. The van der Waals surface area contributed by atoms with Gasteiger partial charge in [-0.3, -0.25) is 0 Å². The van der Waals surface area contributed by atoms with Crippen molar-refractivity contribution >= 4 is 0 Å². The molecule has 2 aliphatic rings. The molecule has 1 unspecified atom stereocenters. The monoisotopic (exact) mass is 428 g/mol. The van der Waals surface area contributed by atoms with Crippen molar-refractivity contribution in [3.05, 3.63) is 11.6 Å². The number of aliphatic hydroxyl groups excluding tert-OH is 2. The summed E-state index contributed by atoms with van der Waals surface area (Å²) in [7, 11) is 1.59. The van der Waals surface area contributed by atoms with Crippen LogP contribution in [-0.4, -0.2) is 60.4 Å². The number of rotatable bonds is 11. The molecule has 0 radical (unpaired) electrons. The van der Waals surface area contributed by atoms with E-state index in [1.165, 1.54) is 18.4 Å². The molecule has 2 rings (SSSR count). The molecule has 0 aliphatic heterocycles. The van der Waals surface area contributed by atoms with Crippen LogP contribution in [0.3, 0.4) is 0 Å². The van der Waals surface area contributed by atoms with Gasteiger partial charge in [0.05, 0.1) is 24.9 Å². The lowest BCUT2D eigenvalue weighted by atomic mass is 9.47. The van der Waals surface area contributed by atoms with E-state index in [1.54, 1.807) is 14.0 Å². The number of methoxy groups -OCH3 is 1. The van der Waals surface area contributed by atoms with Gasteiger partial charge in [-0.2, -0.15) is 0 Å². The highest BCUT2D eigenvalue weighted by Gasteiger charge is 2.54. The highest BCUT2D eigenvalue weighted by atomic mass is 16.7. The summed E-state index contributed by atoms with van der Waals surface area (Å²) < 4.78 is 15.3. The summed E-state index contributed by atoms with van der Waals surface area (Å²) in [6.45, 7) is 11.6. The van der Waals surface area contributed by atoms with Crippen LogP contribution in [0.25, 0.3) is 0 Å². The summed E-state index contributed by atoms with van der Waals surface area (Å²) in [4.78, 5) is 0. The fourth-order valence-corrected chi connectivity index (χ4v) is 6.23. The maximum Gasteiger partial charge on any atom is 0.160 e. The zero-order chi connectivity index (χ0) is 22.6. The number of allylic oxidation sites excluding steroid dienone is 1. The third-order valence-corrected chi connectivity index (χ3v) is 7.58. The van der Waals surface area contributed by atoms with Crippen LogP contribution < -0.4 is 0 Å². The third-order valence-electron chi connectivity index (χ3n) is 7.58. The number of aliphatic hydroxyl groups is 3. The first kappa shape index (κ1) is 25.8. The first-order valence-corrected chi connectivity index (χ1v) is 11.4. The molecule has 0 aromatic carbocycles. The molecule has 0 spiro atoms. The van der Waals surface area contributed by atoms with Crippen LogP contribution in [0, 0.1) is 22.7 Å². The molecule has 0 saturated heterocycles. The van der Waals surface area contributed by atoms with Crippen LogP contribution in [0.2, 0.25) is 0 Å². The lowest BCUT2D eigenvalue weighted by Gasteiger charge is -2.58. The van der Waals surface area contributed by atoms with Gasteiger partial charge >= 0.3 is 0 Å². The van der Waals surface area contributed by atoms with E-state index in [1.807, 2.05) is 0 Å². The Labute approximate surface area is 182 Å². The summed E-state index contributed by atoms with van der Waals surface area (Å²) >= 11 is 0. The van der Waals surface area contributed by atoms with Gasteiger partial charge in [0.15, 0.2) is 6.29 Å². The second-order valence-electron chi connectivity index (χ2n) is 10.7. The zero-order valence-corrected chi connectivity index (χ0v) is 19.8. The van der Waals surface area contributed by atoms with Crippen molar-refractivity contribution in [2.24, 2.45) is 22.7 Å². The van der Waals surface area contributed by atoms with E-state index < -0.39 is 18.0 Å². The van der Waals surface area contributed by atoms with Crippen molar-refractivity contribution in [1.82, 2.24) is 0 Å². The molecule has 3 N–H and O–H groups in total. The van der Waals surface area contributed by atoms with Gasteiger partial charge in [-0.25, -0.2) is 0 Å². The van der Waals surface area contributed by atoms with E-state index in [0.717, 1.165) is 12.8 Å². The highest BCUT2D eigenvalue weighted by molar-refractivity contribution is 5.20. The Bertz CT molecular complexity index is 572. The molecule has 0 amide bonds. The Morgan fingerprint density at radius 1 is 1.17 bits per heavy atom. The molecule has 1 saturated carbocycles. The van der Waals surface area contributed by atoms with Crippen molar-refractivity contribution < 1.29 is 29.5 Å². The lowest BCUT2D eigenvalue weighted by Crippen LogP contribution is -2.52. The van der Waals surface area contributed by atoms with Gasteiger partial charge in [-0.1, -0.05) is 38.8 Å². The fraction of sp³-hybridized carbons (Fsp3) is 0.917. The number of ether oxygens (including phenoxy) is 3. The Kier molecular flexibility index (Phi) is 8.94. The topological polar surface area (TPSA) is 88.4 Å². The normalized spacial score (nSPS) is 32.6. The second-order valence-corrected chi connectivity index (χ2v) is 10.7. The van der Waals surface area contributed by atoms with E-state index in [9.17, 15) is 15.3 Å². The predicted molar refractivity (Wildman–Crippen MR) is 117 cm³/mol. The Morgan fingerprint density at radius 3 is 2.53 bits per heavy atom. The van der Waals surface area contributed by atoms with Crippen molar-refractivity contribution in [1.29, 1.82) is 0 Å². The minimum atomic E-state index is -1.25. The van der Waals surface area contributed by atoms with E-state index in [-0.39, 0.29) is 36.4 Å². The minimum Gasteiger partial charge on any atom is -0.392 e. The van der Waals surface area contributed by atoms with E-state index in [4.69, 9.17) is 14.2 Å². The summed E-state index contributed by atoms with van der Waals surface area (Å²) in [5.41, 5.74) is 0.231. The van der Waals surface area contributed by atoms with Crippen LogP contribution in [-0.2, 0) is 14.2 Å². The summed E-state index contributed by atoms with van der Waals surface area (Å²) in [5.74, 6) is 0.531. The summed E-state index contributed by atoms with van der Waals surface area (Å²) in [5, 5.41) is 32.3. The molecule has 1 fully saturated rings. The molecule has 6 heteroatoms. The smallest absolute Gasteiger partial charge is 0.160 e. The van der Waals surface area contributed by atoms with Gasteiger partial charge in [-0.15, -0.1) is 0 Å². The van der Waals surface area contributed by atoms with Crippen LogP contribution in [0.4, 0.5) is 0 Å². The van der Waals surface area contributed by atoms with Crippen molar-refractivity contribution in [2.75, 3.05) is 27.1 Å². The summed E-state index contributed by atoms with van der Waals surface area (Å²) in [6, 6.07) is 0. The molecule has 6 atom stereocenters. The van der Waals surface area contributed by atoms with Crippen LogP contribution in [0.5, 0.6) is 0 Å². The highest BCUT2D eigenvalue weighted by Crippen LogP contribution is 2.60. The first-order chi connectivity index (χ1) is 13.9. The summed E-state index contributed by atoms with van der Waals surface area (Å²) in [6.07, 6.45) is 5.20. The Balaban J connectivity index is 1.99. The average Bonchev–Trinajstić information content (AvgIpc) is 2.59. The van der Waals surface area contributed by atoms with E-state index >= 15 is 0 Å². The largest absolute Gasteiger partial charge is 0.392 e. The van der Waals surface area contributed by atoms with Crippen LogP contribution in [0.1, 0.15) is 73.1 Å². The molecule has 0 aromatic heterocycles. The molecule has 0 bridgehead atoms. The predicted octanol–water partition coefficient (Wildman–Crippen LogP) is 3.63. The molecule has 30 heavy (non-hydrogen) atoms.